The molecule has 0 aliphatic heterocycles. The molecule has 0 fully saturated rings. The summed E-state index contributed by atoms with van der Waals surface area (Å²) in [6.07, 6.45) is 3.41. The first-order chi connectivity index (χ1) is 13.5. The van der Waals surface area contributed by atoms with Crippen LogP contribution in [-0.4, -0.2) is 22.5 Å². The average molecular weight is 402 g/mol. The van der Waals surface area contributed by atoms with Crippen LogP contribution in [0.15, 0.2) is 53.5 Å². The summed E-state index contributed by atoms with van der Waals surface area (Å²) in [7, 11) is 0. The Morgan fingerprint density at radius 3 is 2.68 bits per heavy atom. The van der Waals surface area contributed by atoms with E-state index >= 15 is 0 Å². The second-order valence-corrected chi connectivity index (χ2v) is 6.93. The molecular formula is C21H21ClFN3O2. The maximum atomic E-state index is 13.3. The number of nitrogens with zero attached hydrogens (tertiary/aromatic N) is 1. The largest absolute Gasteiger partial charge is 0.328 e. The van der Waals surface area contributed by atoms with Gasteiger partial charge >= 0.3 is 6.03 Å². The summed E-state index contributed by atoms with van der Waals surface area (Å²) in [5, 5.41) is 4.11. The number of anilines is 1. The molecule has 2 aromatic carbocycles. The smallest absolute Gasteiger partial charge is 0.322 e. The van der Waals surface area contributed by atoms with Crippen LogP contribution in [0.25, 0.3) is 10.8 Å². The molecule has 146 valence electrons. The van der Waals surface area contributed by atoms with Crippen LogP contribution in [-0.2, 0) is 6.54 Å². The van der Waals surface area contributed by atoms with Gasteiger partial charge in [0.15, 0.2) is 0 Å². The molecule has 0 bridgehead atoms. The summed E-state index contributed by atoms with van der Waals surface area (Å²) in [6.45, 7) is 2.92. The minimum absolute atomic E-state index is 0.0514. The molecule has 1 heterocycles. The first kappa shape index (κ1) is 19.9. The van der Waals surface area contributed by atoms with Crippen LogP contribution in [0.4, 0.5) is 14.9 Å². The monoisotopic (exact) mass is 401 g/mol. The van der Waals surface area contributed by atoms with E-state index in [-0.39, 0.29) is 16.6 Å². The number of fused-ring (bicyclic) bond motifs is 1. The quantitative estimate of drug-likeness (QED) is 0.599. The van der Waals surface area contributed by atoms with Crippen molar-refractivity contribution in [2.45, 2.75) is 26.3 Å². The van der Waals surface area contributed by atoms with Gasteiger partial charge < -0.3 is 15.2 Å². The van der Waals surface area contributed by atoms with Crippen LogP contribution in [0.2, 0.25) is 5.02 Å². The van der Waals surface area contributed by atoms with Gasteiger partial charge in [-0.15, -0.1) is 0 Å². The fourth-order valence-corrected chi connectivity index (χ4v) is 3.16. The normalized spacial score (nSPS) is 10.8. The van der Waals surface area contributed by atoms with E-state index in [1.165, 1.54) is 18.2 Å². The molecule has 0 radical (unpaired) electrons. The maximum Gasteiger partial charge on any atom is 0.322 e. The highest BCUT2D eigenvalue weighted by molar-refractivity contribution is 6.31. The summed E-state index contributed by atoms with van der Waals surface area (Å²) in [5.41, 5.74) is 1.10. The average Bonchev–Trinajstić information content (AvgIpc) is 2.69. The van der Waals surface area contributed by atoms with Crippen LogP contribution in [0.3, 0.4) is 0 Å². The van der Waals surface area contributed by atoms with Crippen molar-refractivity contribution in [1.82, 2.24) is 9.88 Å². The van der Waals surface area contributed by atoms with E-state index in [9.17, 15) is 14.0 Å². The van der Waals surface area contributed by atoms with Gasteiger partial charge in [-0.1, -0.05) is 43.1 Å². The summed E-state index contributed by atoms with van der Waals surface area (Å²) in [6, 6.07) is 11.0. The van der Waals surface area contributed by atoms with Crippen molar-refractivity contribution in [3.8, 4) is 0 Å². The third kappa shape index (κ3) is 4.51. The van der Waals surface area contributed by atoms with Gasteiger partial charge in [0.05, 0.1) is 5.02 Å². The predicted molar refractivity (Wildman–Crippen MR) is 110 cm³/mol. The van der Waals surface area contributed by atoms with Gasteiger partial charge in [0.1, 0.15) is 5.82 Å². The first-order valence-electron chi connectivity index (χ1n) is 9.10. The fraction of sp³-hybridized carbons (Fsp3) is 0.238. The van der Waals surface area contributed by atoms with Crippen molar-refractivity contribution < 1.29 is 9.18 Å². The minimum atomic E-state index is -0.540. The second kappa shape index (κ2) is 8.89. The number of aromatic nitrogens is 1. The molecular weight excluding hydrogens is 381 g/mol. The molecule has 0 aliphatic rings. The molecule has 2 N–H and O–H groups in total. The summed E-state index contributed by atoms with van der Waals surface area (Å²) >= 11 is 5.80. The second-order valence-electron chi connectivity index (χ2n) is 6.52. The van der Waals surface area contributed by atoms with Crippen molar-refractivity contribution in [1.29, 1.82) is 0 Å². The van der Waals surface area contributed by atoms with Gasteiger partial charge in [-0.25, -0.2) is 9.18 Å². The number of carbonyl (C=O) groups is 1. The Hall–Kier alpha value is -2.86. The first-order valence-corrected chi connectivity index (χ1v) is 9.47. The number of amides is 2. The number of rotatable bonds is 6. The summed E-state index contributed by atoms with van der Waals surface area (Å²) < 4.78 is 13.3. The maximum absolute atomic E-state index is 13.3. The van der Waals surface area contributed by atoms with E-state index in [0.29, 0.717) is 24.2 Å². The molecule has 3 aromatic rings. The Labute approximate surface area is 167 Å². The molecule has 28 heavy (non-hydrogen) atoms. The Kier molecular flexibility index (Phi) is 6.31. The highest BCUT2D eigenvalue weighted by Crippen LogP contribution is 2.21. The molecule has 0 spiro atoms. The Morgan fingerprint density at radius 1 is 1.21 bits per heavy atom. The number of nitrogens with one attached hydrogen (secondary N) is 2. The van der Waals surface area contributed by atoms with Crippen molar-refractivity contribution in [3.63, 3.8) is 0 Å². The zero-order valence-corrected chi connectivity index (χ0v) is 16.2. The van der Waals surface area contributed by atoms with Crippen LogP contribution < -0.4 is 10.9 Å². The fourth-order valence-electron chi connectivity index (χ4n) is 2.98. The number of hydrogen-bond donors (Lipinski definition) is 2. The van der Waals surface area contributed by atoms with Crippen molar-refractivity contribution in [2.75, 3.05) is 11.9 Å². The van der Waals surface area contributed by atoms with E-state index in [1.807, 2.05) is 19.1 Å². The lowest BCUT2D eigenvalue weighted by Crippen LogP contribution is -2.35. The molecule has 5 nitrogen and oxygen atoms in total. The lowest BCUT2D eigenvalue weighted by Gasteiger charge is -2.24. The molecule has 3 rings (SSSR count). The van der Waals surface area contributed by atoms with Crippen LogP contribution in [0, 0.1) is 5.82 Å². The number of aromatic amines is 1. The molecule has 1 aromatic heterocycles. The number of pyridine rings is 1. The van der Waals surface area contributed by atoms with Gasteiger partial charge in [-0.05, 0) is 41.6 Å². The number of H-pyrrole nitrogens is 1. The molecule has 0 unspecified atom stereocenters. The third-order valence-corrected chi connectivity index (χ3v) is 4.79. The minimum Gasteiger partial charge on any atom is -0.328 e. The standard InChI is InChI=1S/C21H21ClFN3O2/c1-2-3-10-26(21(28)25-15-8-9-19(23)18(22)11-15)13-14-12-24-20(27)17-7-5-4-6-16(14)17/h4-9,11-12H,2-3,10,13H2,1H3,(H,24,27)(H,25,28). The highest BCUT2D eigenvalue weighted by Gasteiger charge is 2.16. The van der Waals surface area contributed by atoms with Gasteiger partial charge in [0.25, 0.3) is 5.56 Å². The Bertz CT molecular complexity index is 1050. The number of halogens is 2. The number of benzene rings is 2. The number of carbonyl (C=O) groups excluding carboxylic acids is 1. The van der Waals surface area contributed by atoms with Crippen LogP contribution in [0.1, 0.15) is 25.3 Å². The molecule has 2 amide bonds. The molecule has 7 heteroatoms. The zero-order chi connectivity index (χ0) is 20.1. The molecule has 0 saturated heterocycles. The Balaban J connectivity index is 1.86. The third-order valence-electron chi connectivity index (χ3n) is 4.50. The molecule has 0 saturated carbocycles. The lowest BCUT2D eigenvalue weighted by atomic mass is 10.1. The summed E-state index contributed by atoms with van der Waals surface area (Å²) in [4.78, 5) is 29.3. The van der Waals surface area contributed by atoms with E-state index in [4.69, 9.17) is 11.6 Å². The van der Waals surface area contributed by atoms with Gasteiger partial charge in [0.2, 0.25) is 0 Å². The van der Waals surface area contributed by atoms with E-state index in [1.54, 1.807) is 23.2 Å². The topological polar surface area (TPSA) is 65.2 Å². The Morgan fingerprint density at radius 2 is 1.96 bits per heavy atom. The van der Waals surface area contributed by atoms with Crippen molar-refractivity contribution in [2.24, 2.45) is 0 Å². The van der Waals surface area contributed by atoms with Gasteiger partial charge in [0, 0.05) is 30.4 Å². The van der Waals surface area contributed by atoms with Gasteiger partial charge in [-0.2, -0.15) is 0 Å². The van der Waals surface area contributed by atoms with Gasteiger partial charge in [-0.3, -0.25) is 4.79 Å². The number of unbranched alkanes of at least 4 members (excludes halogenated alkanes) is 1. The lowest BCUT2D eigenvalue weighted by molar-refractivity contribution is 0.208. The number of urea groups is 1. The van der Waals surface area contributed by atoms with E-state index < -0.39 is 5.82 Å². The van der Waals surface area contributed by atoms with Crippen molar-refractivity contribution in [3.05, 3.63) is 75.4 Å². The van der Waals surface area contributed by atoms with E-state index in [0.717, 1.165) is 23.8 Å². The SMILES string of the molecule is CCCCN(Cc1c[nH]c(=O)c2ccccc12)C(=O)Nc1ccc(F)c(Cl)c1. The molecule has 0 atom stereocenters. The van der Waals surface area contributed by atoms with Crippen LogP contribution >= 0.6 is 11.6 Å². The molecule has 0 aliphatic carbocycles. The number of hydrogen-bond acceptors (Lipinski definition) is 2. The van der Waals surface area contributed by atoms with Crippen LogP contribution in [0.5, 0.6) is 0 Å². The van der Waals surface area contributed by atoms with Crippen molar-refractivity contribution >= 4 is 34.1 Å². The zero-order valence-electron chi connectivity index (χ0n) is 15.5. The van der Waals surface area contributed by atoms with E-state index in [2.05, 4.69) is 10.3 Å². The predicted octanol–water partition coefficient (Wildman–Crippen LogP) is 5.15. The highest BCUT2D eigenvalue weighted by atomic mass is 35.5. The summed E-state index contributed by atoms with van der Waals surface area (Å²) in [5.74, 6) is -0.540.